The van der Waals surface area contributed by atoms with Gasteiger partial charge in [0.1, 0.15) is 17.2 Å². The van der Waals surface area contributed by atoms with Crippen LogP contribution in [-0.4, -0.2) is 23.2 Å². The predicted molar refractivity (Wildman–Crippen MR) is 77.9 cm³/mol. The molecule has 0 radical (unpaired) electrons. The van der Waals surface area contributed by atoms with Crippen LogP contribution in [0, 0.1) is 17.6 Å². The maximum Gasteiger partial charge on any atom is 0.238 e. The van der Waals surface area contributed by atoms with E-state index in [0.29, 0.717) is 11.8 Å². The molecule has 21 heavy (non-hydrogen) atoms. The highest BCUT2D eigenvalue weighted by atomic mass is 32.2. The van der Waals surface area contributed by atoms with Crippen LogP contribution in [0.3, 0.4) is 0 Å². The van der Waals surface area contributed by atoms with Gasteiger partial charge in [-0.3, -0.25) is 10.1 Å². The van der Waals surface area contributed by atoms with Crippen LogP contribution in [0.15, 0.2) is 23.1 Å². The zero-order chi connectivity index (χ0) is 15.0. The standard InChI is InChI=1S/C15H18F2N2OS/c16-10-3-6-12(17)13(7-10)21-8-15(14(18)20,9-1-2-9)19-11-4-5-11/h3,6-7,9,11,19H,1-2,4-5,8H2,(H2,18,20). The van der Waals surface area contributed by atoms with Crippen LogP contribution >= 0.6 is 11.8 Å². The van der Waals surface area contributed by atoms with Crippen LogP contribution in [0.25, 0.3) is 0 Å². The van der Waals surface area contributed by atoms with E-state index < -0.39 is 17.2 Å². The van der Waals surface area contributed by atoms with E-state index in [4.69, 9.17) is 5.73 Å². The Morgan fingerprint density at radius 1 is 1.33 bits per heavy atom. The molecule has 1 aromatic rings. The smallest absolute Gasteiger partial charge is 0.238 e. The Labute approximate surface area is 126 Å². The van der Waals surface area contributed by atoms with E-state index in [0.717, 1.165) is 55.6 Å². The Kier molecular flexibility index (Phi) is 3.92. The van der Waals surface area contributed by atoms with Crippen molar-refractivity contribution >= 4 is 17.7 Å². The molecule has 2 aliphatic carbocycles. The minimum atomic E-state index is -0.801. The molecule has 2 aliphatic rings. The summed E-state index contributed by atoms with van der Waals surface area (Å²) in [5.74, 6) is -0.794. The second-order valence-corrected chi connectivity index (χ2v) is 6.91. The van der Waals surface area contributed by atoms with Crippen molar-refractivity contribution in [1.29, 1.82) is 0 Å². The molecule has 2 fully saturated rings. The number of hydrogen-bond acceptors (Lipinski definition) is 3. The van der Waals surface area contributed by atoms with E-state index >= 15 is 0 Å². The van der Waals surface area contributed by atoms with Crippen molar-refractivity contribution in [2.45, 2.75) is 42.2 Å². The summed E-state index contributed by atoms with van der Waals surface area (Å²) in [5.41, 5.74) is 4.84. The van der Waals surface area contributed by atoms with Gasteiger partial charge < -0.3 is 5.73 Å². The number of halogens is 2. The van der Waals surface area contributed by atoms with Crippen molar-refractivity contribution in [3.8, 4) is 0 Å². The third kappa shape index (κ3) is 3.21. The summed E-state index contributed by atoms with van der Waals surface area (Å²) in [6.45, 7) is 0. The average molecular weight is 312 g/mol. The molecule has 1 atom stereocenters. The van der Waals surface area contributed by atoms with Gasteiger partial charge in [-0.1, -0.05) is 0 Å². The molecule has 114 valence electrons. The van der Waals surface area contributed by atoms with Crippen molar-refractivity contribution in [1.82, 2.24) is 5.32 Å². The highest BCUT2D eigenvalue weighted by Gasteiger charge is 2.51. The molecule has 0 bridgehead atoms. The third-order valence-electron chi connectivity index (χ3n) is 4.10. The molecule has 0 spiro atoms. The van der Waals surface area contributed by atoms with Gasteiger partial charge in [0.2, 0.25) is 5.91 Å². The molecule has 3 nitrogen and oxygen atoms in total. The van der Waals surface area contributed by atoms with Crippen LogP contribution in [0.1, 0.15) is 25.7 Å². The SMILES string of the molecule is NC(=O)C(CSc1cc(F)ccc1F)(NC1CC1)C1CC1. The minimum Gasteiger partial charge on any atom is -0.368 e. The van der Waals surface area contributed by atoms with Gasteiger partial charge in [0.05, 0.1) is 0 Å². The first kappa shape index (κ1) is 14.8. The number of nitrogens with two attached hydrogens (primary N) is 1. The Morgan fingerprint density at radius 2 is 2.05 bits per heavy atom. The summed E-state index contributed by atoms with van der Waals surface area (Å²) in [6.07, 6.45) is 3.99. The minimum absolute atomic E-state index is 0.208. The van der Waals surface area contributed by atoms with Gasteiger partial charge in [0.25, 0.3) is 0 Å². The molecule has 0 heterocycles. The van der Waals surface area contributed by atoms with Gasteiger partial charge in [0, 0.05) is 16.7 Å². The molecule has 1 amide bonds. The number of amides is 1. The number of rotatable bonds is 7. The van der Waals surface area contributed by atoms with Gasteiger partial charge in [0.15, 0.2) is 0 Å². The third-order valence-corrected chi connectivity index (χ3v) is 5.33. The van der Waals surface area contributed by atoms with Gasteiger partial charge in [-0.05, 0) is 49.8 Å². The molecule has 3 N–H and O–H groups in total. The fourth-order valence-corrected chi connectivity index (χ4v) is 3.81. The number of carbonyl (C=O) groups excluding carboxylic acids is 1. The van der Waals surface area contributed by atoms with Crippen molar-refractivity contribution in [2.75, 3.05) is 5.75 Å². The number of thioether (sulfide) groups is 1. The zero-order valence-electron chi connectivity index (χ0n) is 11.6. The Bertz CT molecular complexity index is 561. The van der Waals surface area contributed by atoms with Crippen molar-refractivity contribution in [2.24, 2.45) is 11.7 Å². The highest BCUT2D eigenvalue weighted by molar-refractivity contribution is 7.99. The van der Waals surface area contributed by atoms with Crippen molar-refractivity contribution in [3.05, 3.63) is 29.8 Å². The van der Waals surface area contributed by atoms with Gasteiger partial charge >= 0.3 is 0 Å². The molecular formula is C15H18F2N2OS. The quantitative estimate of drug-likeness (QED) is 0.760. The maximum absolute atomic E-state index is 13.7. The summed E-state index contributed by atoms with van der Waals surface area (Å²) in [4.78, 5) is 12.2. The lowest BCUT2D eigenvalue weighted by Crippen LogP contribution is -2.60. The summed E-state index contributed by atoms with van der Waals surface area (Å²) >= 11 is 1.16. The highest BCUT2D eigenvalue weighted by Crippen LogP contribution is 2.44. The van der Waals surface area contributed by atoms with Crippen LogP contribution < -0.4 is 11.1 Å². The van der Waals surface area contributed by atoms with E-state index in [1.165, 1.54) is 0 Å². The maximum atomic E-state index is 13.7. The Balaban J connectivity index is 1.77. The van der Waals surface area contributed by atoms with Crippen LogP contribution in [-0.2, 0) is 4.79 Å². The molecule has 2 saturated carbocycles. The molecule has 1 aromatic carbocycles. The number of primary amides is 1. The van der Waals surface area contributed by atoms with E-state index in [1.54, 1.807) is 0 Å². The van der Waals surface area contributed by atoms with Gasteiger partial charge in [-0.2, -0.15) is 0 Å². The molecular weight excluding hydrogens is 294 g/mol. The number of hydrogen-bond donors (Lipinski definition) is 2. The lowest BCUT2D eigenvalue weighted by atomic mass is 9.94. The summed E-state index contributed by atoms with van der Waals surface area (Å²) in [5, 5.41) is 3.36. The molecule has 1 unspecified atom stereocenters. The first-order chi connectivity index (χ1) is 10.0. The summed E-state index contributed by atoms with van der Waals surface area (Å²) in [7, 11) is 0. The summed E-state index contributed by atoms with van der Waals surface area (Å²) in [6, 6.07) is 3.69. The Morgan fingerprint density at radius 3 is 2.62 bits per heavy atom. The lowest BCUT2D eigenvalue weighted by molar-refractivity contribution is -0.124. The van der Waals surface area contributed by atoms with E-state index in [2.05, 4.69) is 5.32 Å². The number of benzene rings is 1. The number of carbonyl (C=O) groups is 1. The summed E-state index contributed by atoms with van der Waals surface area (Å²) < 4.78 is 26.9. The van der Waals surface area contributed by atoms with Crippen molar-refractivity contribution in [3.63, 3.8) is 0 Å². The first-order valence-corrected chi connectivity index (χ1v) is 8.15. The normalized spacial score (nSPS) is 21.0. The van der Waals surface area contributed by atoms with Gasteiger partial charge in [-0.15, -0.1) is 11.8 Å². The average Bonchev–Trinajstić information content (AvgIpc) is 3.30. The lowest BCUT2D eigenvalue weighted by Gasteiger charge is -2.32. The second-order valence-electron chi connectivity index (χ2n) is 5.89. The second kappa shape index (κ2) is 5.57. The van der Waals surface area contributed by atoms with Crippen LogP contribution in [0.4, 0.5) is 8.78 Å². The predicted octanol–water partition coefficient (Wildman–Crippen LogP) is 2.44. The van der Waals surface area contributed by atoms with Crippen LogP contribution in [0.2, 0.25) is 0 Å². The largest absolute Gasteiger partial charge is 0.368 e. The monoisotopic (exact) mass is 312 g/mol. The Hall–Kier alpha value is -1.14. The van der Waals surface area contributed by atoms with Crippen LogP contribution in [0.5, 0.6) is 0 Å². The van der Waals surface area contributed by atoms with Gasteiger partial charge in [-0.25, -0.2) is 8.78 Å². The fraction of sp³-hybridized carbons (Fsp3) is 0.533. The van der Waals surface area contributed by atoms with E-state index in [-0.39, 0.29) is 16.7 Å². The molecule has 3 rings (SSSR count). The zero-order valence-corrected chi connectivity index (χ0v) is 12.4. The molecule has 0 aliphatic heterocycles. The topological polar surface area (TPSA) is 55.1 Å². The molecule has 0 aromatic heterocycles. The number of nitrogens with one attached hydrogen (secondary N) is 1. The molecule has 0 saturated heterocycles. The fourth-order valence-electron chi connectivity index (χ4n) is 2.57. The van der Waals surface area contributed by atoms with Crippen molar-refractivity contribution < 1.29 is 13.6 Å². The van der Waals surface area contributed by atoms with E-state index in [1.807, 2.05) is 0 Å². The molecule has 6 heteroatoms. The first-order valence-electron chi connectivity index (χ1n) is 7.17. The van der Waals surface area contributed by atoms with E-state index in [9.17, 15) is 13.6 Å².